The van der Waals surface area contributed by atoms with Crippen molar-refractivity contribution in [2.24, 2.45) is 0 Å². The molecule has 0 atom stereocenters. The molecule has 0 aliphatic carbocycles. The summed E-state index contributed by atoms with van der Waals surface area (Å²) in [7, 11) is 0. The lowest BCUT2D eigenvalue weighted by Crippen LogP contribution is -2.28. The van der Waals surface area contributed by atoms with Gasteiger partial charge in [0.25, 0.3) is 5.56 Å². The molecule has 104 valence electrons. The Kier molecular flexibility index (Phi) is 3.60. The fourth-order valence-electron chi connectivity index (χ4n) is 2.58. The Bertz CT molecular complexity index is 662. The van der Waals surface area contributed by atoms with E-state index in [0.29, 0.717) is 17.3 Å². The lowest BCUT2D eigenvalue weighted by atomic mass is 9.94. The van der Waals surface area contributed by atoms with E-state index in [0.717, 1.165) is 31.6 Å². The zero-order chi connectivity index (χ0) is 13.9. The minimum absolute atomic E-state index is 0.187. The van der Waals surface area contributed by atoms with Crippen LogP contribution in [0.2, 0.25) is 0 Å². The van der Waals surface area contributed by atoms with E-state index in [1.165, 1.54) is 12.1 Å². The standard InChI is InChI=1S/C15H16FN3O/c16-12-3-1-2-11(8-12)15-18-13(9-14(20)19-15)10-4-6-17-7-5-10/h1-3,8-10,17H,4-7H2,(H,18,19,20). The van der Waals surface area contributed by atoms with Gasteiger partial charge in [0.05, 0.1) is 5.69 Å². The maximum Gasteiger partial charge on any atom is 0.251 e. The first-order valence-corrected chi connectivity index (χ1v) is 6.80. The quantitative estimate of drug-likeness (QED) is 0.880. The highest BCUT2D eigenvalue weighted by Gasteiger charge is 2.18. The first-order chi connectivity index (χ1) is 9.72. The minimum Gasteiger partial charge on any atom is -0.317 e. The molecule has 5 heteroatoms. The van der Waals surface area contributed by atoms with Crippen LogP contribution in [0.1, 0.15) is 24.5 Å². The molecule has 0 bridgehead atoms. The summed E-state index contributed by atoms with van der Waals surface area (Å²) in [4.78, 5) is 19.0. The van der Waals surface area contributed by atoms with Crippen molar-refractivity contribution < 1.29 is 4.39 Å². The van der Waals surface area contributed by atoms with Crippen molar-refractivity contribution in [1.82, 2.24) is 15.3 Å². The molecule has 20 heavy (non-hydrogen) atoms. The van der Waals surface area contributed by atoms with Crippen molar-refractivity contribution >= 4 is 0 Å². The number of aromatic amines is 1. The second-order valence-electron chi connectivity index (χ2n) is 5.05. The average Bonchev–Trinajstić information content (AvgIpc) is 2.47. The van der Waals surface area contributed by atoms with E-state index >= 15 is 0 Å². The van der Waals surface area contributed by atoms with E-state index < -0.39 is 0 Å². The summed E-state index contributed by atoms with van der Waals surface area (Å²) in [6.45, 7) is 1.88. The molecular weight excluding hydrogens is 257 g/mol. The molecule has 0 amide bonds. The topological polar surface area (TPSA) is 57.8 Å². The molecule has 3 rings (SSSR count). The van der Waals surface area contributed by atoms with Gasteiger partial charge in [-0.1, -0.05) is 12.1 Å². The highest BCUT2D eigenvalue weighted by Crippen LogP contribution is 2.24. The van der Waals surface area contributed by atoms with E-state index in [1.54, 1.807) is 18.2 Å². The predicted octanol–water partition coefficient (Wildman–Crippen LogP) is 2.04. The number of hydrogen-bond acceptors (Lipinski definition) is 3. The normalized spacial score (nSPS) is 16.2. The van der Waals surface area contributed by atoms with Gasteiger partial charge in [0.2, 0.25) is 0 Å². The Morgan fingerprint density at radius 3 is 2.75 bits per heavy atom. The first kappa shape index (κ1) is 13.0. The Hall–Kier alpha value is -2.01. The third-order valence-corrected chi connectivity index (χ3v) is 3.62. The molecule has 1 saturated heterocycles. The number of hydrogen-bond donors (Lipinski definition) is 2. The second-order valence-corrected chi connectivity index (χ2v) is 5.05. The Morgan fingerprint density at radius 2 is 2.00 bits per heavy atom. The number of piperidine rings is 1. The smallest absolute Gasteiger partial charge is 0.251 e. The van der Waals surface area contributed by atoms with Crippen LogP contribution < -0.4 is 10.9 Å². The van der Waals surface area contributed by atoms with Crippen molar-refractivity contribution in [1.29, 1.82) is 0 Å². The fraction of sp³-hybridized carbons (Fsp3) is 0.333. The minimum atomic E-state index is -0.336. The molecule has 2 N–H and O–H groups in total. The molecule has 1 aliphatic heterocycles. The zero-order valence-electron chi connectivity index (χ0n) is 11.0. The van der Waals surface area contributed by atoms with Gasteiger partial charge in [-0.15, -0.1) is 0 Å². The fourth-order valence-corrected chi connectivity index (χ4v) is 2.58. The van der Waals surface area contributed by atoms with Gasteiger partial charge in [-0.05, 0) is 38.1 Å². The maximum atomic E-state index is 13.3. The van der Waals surface area contributed by atoms with Gasteiger partial charge >= 0.3 is 0 Å². The van der Waals surface area contributed by atoms with E-state index in [1.807, 2.05) is 0 Å². The van der Waals surface area contributed by atoms with Crippen LogP contribution in [0, 0.1) is 5.82 Å². The summed E-state index contributed by atoms with van der Waals surface area (Å²) in [6.07, 6.45) is 1.94. The van der Waals surface area contributed by atoms with Crippen LogP contribution in [0.3, 0.4) is 0 Å². The van der Waals surface area contributed by atoms with Crippen LogP contribution in [-0.2, 0) is 0 Å². The largest absolute Gasteiger partial charge is 0.317 e. The van der Waals surface area contributed by atoms with Crippen molar-refractivity contribution in [3.05, 3.63) is 52.2 Å². The highest BCUT2D eigenvalue weighted by atomic mass is 19.1. The predicted molar refractivity (Wildman–Crippen MR) is 75.1 cm³/mol. The highest BCUT2D eigenvalue weighted by molar-refractivity contribution is 5.54. The van der Waals surface area contributed by atoms with E-state index in [2.05, 4.69) is 15.3 Å². The van der Waals surface area contributed by atoms with Gasteiger partial charge in [0, 0.05) is 17.5 Å². The third kappa shape index (κ3) is 2.77. The Morgan fingerprint density at radius 1 is 1.20 bits per heavy atom. The molecular formula is C15H16FN3O. The van der Waals surface area contributed by atoms with Gasteiger partial charge in [-0.3, -0.25) is 4.79 Å². The maximum absolute atomic E-state index is 13.3. The molecule has 0 radical (unpaired) electrons. The molecule has 0 unspecified atom stereocenters. The van der Waals surface area contributed by atoms with Crippen molar-refractivity contribution in [2.75, 3.05) is 13.1 Å². The Labute approximate surface area is 116 Å². The van der Waals surface area contributed by atoms with E-state index in [4.69, 9.17) is 0 Å². The summed E-state index contributed by atoms with van der Waals surface area (Å²) < 4.78 is 13.3. The van der Waals surface area contributed by atoms with Gasteiger partial charge in [0.1, 0.15) is 11.6 Å². The molecule has 1 aliphatic rings. The molecule has 1 aromatic carbocycles. The molecule has 0 spiro atoms. The van der Waals surface area contributed by atoms with Crippen LogP contribution in [0.5, 0.6) is 0 Å². The zero-order valence-corrected chi connectivity index (χ0v) is 11.0. The van der Waals surface area contributed by atoms with E-state index in [-0.39, 0.29) is 11.4 Å². The summed E-state index contributed by atoms with van der Waals surface area (Å²) in [6, 6.07) is 7.66. The molecule has 1 fully saturated rings. The Balaban J connectivity index is 2.00. The summed E-state index contributed by atoms with van der Waals surface area (Å²) in [5.74, 6) is 0.397. The van der Waals surface area contributed by atoms with Gasteiger partial charge in [-0.25, -0.2) is 9.37 Å². The van der Waals surface area contributed by atoms with Crippen LogP contribution in [0.4, 0.5) is 4.39 Å². The van der Waals surface area contributed by atoms with Crippen LogP contribution in [0.15, 0.2) is 35.1 Å². The molecule has 1 aromatic heterocycles. The van der Waals surface area contributed by atoms with Gasteiger partial charge in [0.15, 0.2) is 0 Å². The number of H-pyrrole nitrogens is 1. The monoisotopic (exact) mass is 273 g/mol. The van der Waals surface area contributed by atoms with Crippen LogP contribution in [0.25, 0.3) is 11.4 Å². The number of aromatic nitrogens is 2. The molecule has 2 heterocycles. The van der Waals surface area contributed by atoms with Crippen molar-refractivity contribution in [3.8, 4) is 11.4 Å². The van der Waals surface area contributed by atoms with Crippen molar-refractivity contribution in [2.45, 2.75) is 18.8 Å². The molecule has 2 aromatic rings. The van der Waals surface area contributed by atoms with Crippen LogP contribution >= 0.6 is 0 Å². The average molecular weight is 273 g/mol. The molecule has 0 saturated carbocycles. The van der Waals surface area contributed by atoms with Gasteiger partial charge in [-0.2, -0.15) is 0 Å². The summed E-state index contributed by atoms with van der Waals surface area (Å²) >= 11 is 0. The van der Waals surface area contributed by atoms with Crippen molar-refractivity contribution in [3.63, 3.8) is 0 Å². The summed E-state index contributed by atoms with van der Waals surface area (Å²) in [5.41, 5.74) is 1.21. The number of nitrogens with one attached hydrogen (secondary N) is 2. The third-order valence-electron chi connectivity index (χ3n) is 3.62. The lowest BCUT2D eigenvalue weighted by molar-refractivity contribution is 0.453. The molecule has 4 nitrogen and oxygen atoms in total. The number of benzene rings is 1. The number of halogens is 1. The van der Waals surface area contributed by atoms with Crippen LogP contribution in [-0.4, -0.2) is 23.1 Å². The second kappa shape index (κ2) is 5.54. The number of rotatable bonds is 2. The number of nitrogens with zero attached hydrogens (tertiary/aromatic N) is 1. The SMILES string of the molecule is O=c1cc(C2CCNCC2)nc(-c2cccc(F)c2)[nH]1. The summed E-state index contributed by atoms with van der Waals surface area (Å²) in [5, 5.41) is 3.29. The lowest BCUT2D eigenvalue weighted by Gasteiger charge is -2.22. The first-order valence-electron chi connectivity index (χ1n) is 6.80. The van der Waals surface area contributed by atoms with E-state index in [9.17, 15) is 9.18 Å². The van der Waals surface area contributed by atoms with Gasteiger partial charge < -0.3 is 10.3 Å².